The minimum Gasteiger partial charge on any atom is -0.457 e. The highest BCUT2D eigenvalue weighted by atomic mass is 127. The number of cyclic esters (lactones) is 1. The number of esters is 1. The Morgan fingerprint density at radius 1 is 0.852 bits per heavy atom. The van der Waals surface area contributed by atoms with Crippen LogP contribution >= 0.6 is 22.6 Å². The van der Waals surface area contributed by atoms with E-state index in [2.05, 4.69) is 27.6 Å². The van der Waals surface area contributed by atoms with Crippen molar-refractivity contribution < 1.29 is 14.3 Å². The topological polar surface area (TPSA) is 47.9 Å². The number of carbonyl (C=O) groups is 1. The Hall–Kier alpha value is -2.93. The zero-order valence-corrected chi connectivity index (χ0v) is 16.3. The van der Waals surface area contributed by atoms with E-state index >= 15 is 0 Å². The van der Waals surface area contributed by atoms with Gasteiger partial charge in [-0.05, 0) is 70.6 Å². The molecule has 4 nitrogen and oxygen atoms in total. The van der Waals surface area contributed by atoms with Crippen molar-refractivity contribution in [3.05, 3.63) is 99.3 Å². The van der Waals surface area contributed by atoms with Gasteiger partial charge in [0.25, 0.3) is 0 Å². The molecule has 0 saturated heterocycles. The van der Waals surface area contributed by atoms with Gasteiger partial charge in [-0.3, -0.25) is 0 Å². The first-order valence-corrected chi connectivity index (χ1v) is 9.37. The molecule has 0 aromatic heterocycles. The molecule has 27 heavy (non-hydrogen) atoms. The first-order valence-electron chi connectivity index (χ1n) is 8.29. The van der Waals surface area contributed by atoms with Crippen LogP contribution in [0.1, 0.15) is 11.1 Å². The van der Waals surface area contributed by atoms with Gasteiger partial charge in [-0.1, -0.05) is 42.5 Å². The summed E-state index contributed by atoms with van der Waals surface area (Å²) >= 11 is 2.19. The number of carbonyl (C=O) groups excluding carboxylic acids is 1. The molecule has 0 radical (unpaired) electrons. The van der Waals surface area contributed by atoms with E-state index in [1.165, 1.54) is 0 Å². The standard InChI is InChI=1S/C22H14INO3/c23-19-9-5-4-8-18(19)21-24-20(22(25)27-21)14-15-10-12-17(13-11-15)26-16-6-2-1-3-7-16/h1-14H. The van der Waals surface area contributed by atoms with Crippen molar-refractivity contribution in [2.24, 2.45) is 4.99 Å². The molecule has 0 unspecified atom stereocenters. The van der Waals surface area contributed by atoms with E-state index in [0.29, 0.717) is 5.90 Å². The van der Waals surface area contributed by atoms with E-state index in [-0.39, 0.29) is 5.70 Å². The Morgan fingerprint density at radius 2 is 1.52 bits per heavy atom. The van der Waals surface area contributed by atoms with Gasteiger partial charge in [-0.15, -0.1) is 0 Å². The van der Waals surface area contributed by atoms with Crippen molar-refractivity contribution in [2.45, 2.75) is 0 Å². The van der Waals surface area contributed by atoms with Crippen LogP contribution in [0.3, 0.4) is 0 Å². The molecule has 0 aliphatic carbocycles. The summed E-state index contributed by atoms with van der Waals surface area (Å²) in [6, 6.07) is 24.7. The van der Waals surface area contributed by atoms with Crippen molar-refractivity contribution >= 4 is 40.5 Å². The van der Waals surface area contributed by atoms with Crippen LogP contribution in [0.5, 0.6) is 11.5 Å². The van der Waals surface area contributed by atoms with Crippen LogP contribution in [-0.2, 0) is 9.53 Å². The Morgan fingerprint density at radius 3 is 2.26 bits per heavy atom. The summed E-state index contributed by atoms with van der Waals surface area (Å²) in [6.45, 7) is 0. The number of hydrogen-bond donors (Lipinski definition) is 0. The number of rotatable bonds is 4. The second kappa shape index (κ2) is 7.75. The smallest absolute Gasteiger partial charge is 0.363 e. The Balaban J connectivity index is 1.54. The van der Waals surface area contributed by atoms with E-state index in [4.69, 9.17) is 9.47 Å². The lowest BCUT2D eigenvalue weighted by molar-refractivity contribution is -0.129. The molecule has 1 aliphatic heterocycles. The molecular weight excluding hydrogens is 453 g/mol. The predicted molar refractivity (Wildman–Crippen MR) is 113 cm³/mol. The fourth-order valence-corrected chi connectivity index (χ4v) is 3.19. The molecule has 1 aliphatic rings. The maximum Gasteiger partial charge on any atom is 0.363 e. The quantitative estimate of drug-likeness (QED) is 0.292. The summed E-state index contributed by atoms with van der Waals surface area (Å²) in [4.78, 5) is 16.5. The number of halogens is 1. The Kier molecular flexibility index (Phi) is 5.02. The van der Waals surface area contributed by atoms with Crippen molar-refractivity contribution in [2.75, 3.05) is 0 Å². The van der Waals surface area contributed by atoms with Gasteiger partial charge in [0.15, 0.2) is 5.70 Å². The summed E-state index contributed by atoms with van der Waals surface area (Å²) < 4.78 is 12.1. The predicted octanol–water partition coefficient (Wildman–Crippen LogP) is 5.43. The van der Waals surface area contributed by atoms with Crippen molar-refractivity contribution in [1.29, 1.82) is 0 Å². The first kappa shape index (κ1) is 17.5. The number of hydrogen-bond acceptors (Lipinski definition) is 4. The van der Waals surface area contributed by atoms with E-state index < -0.39 is 5.97 Å². The van der Waals surface area contributed by atoms with Gasteiger partial charge < -0.3 is 9.47 Å². The van der Waals surface area contributed by atoms with Crippen LogP contribution < -0.4 is 4.74 Å². The largest absolute Gasteiger partial charge is 0.457 e. The van der Waals surface area contributed by atoms with Crippen molar-refractivity contribution in [3.8, 4) is 11.5 Å². The minimum absolute atomic E-state index is 0.279. The third-order valence-electron chi connectivity index (χ3n) is 3.89. The summed E-state index contributed by atoms with van der Waals surface area (Å²) in [7, 11) is 0. The normalized spacial score (nSPS) is 14.8. The van der Waals surface area contributed by atoms with Gasteiger partial charge in [0.2, 0.25) is 5.90 Å². The molecule has 0 saturated carbocycles. The first-order chi connectivity index (χ1) is 13.2. The number of para-hydroxylation sites is 1. The van der Waals surface area contributed by atoms with E-state index in [1.54, 1.807) is 6.08 Å². The third-order valence-corrected chi connectivity index (χ3v) is 4.83. The van der Waals surface area contributed by atoms with Gasteiger partial charge in [0.1, 0.15) is 11.5 Å². The SMILES string of the molecule is O=C1OC(c2ccccc2I)=NC1=Cc1ccc(Oc2ccccc2)cc1. The second-order valence-electron chi connectivity index (χ2n) is 5.80. The number of ether oxygens (including phenoxy) is 2. The zero-order chi connectivity index (χ0) is 18.6. The molecule has 5 heteroatoms. The molecule has 0 spiro atoms. The number of aliphatic imine (C=N–C) groups is 1. The Bertz CT molecular complexity index is 1040. The van der Waals surface area contributed by atoms with Crippen LogP contribution in [0.4, 0.5) is 0 Å². The van der Waals surface area contributed by atoms with Gasteiger partial charge in [-0.25, -0.2) is 9.79 Å². The second-order valence-corrected chi connectivity index (χ2v) is 6.96. The monoisotopic (exact) mass is 467 g/mol. The molecule has 0 fully saturated rings. The Labute approximate surface area is 170 Å². The molecule has 4 rings (SSSR count). The molecule has 0 amide bonds. The fraction of sp³-hybridized carbons (Fsp3) is 0. The average Bonchev–Trinajstić information content (AvgIpc) is 3.05. The van der Waals surface area contributed by atoms with E-state index in [9.17, 15) is 4.79 Å². The van der Waals surface area contributed by atoms with Crippen LogP contribution in [0.15, 0.2) is 89.6 Å². The van der Waals surface area contributed by atoms with Gasteiger partial charge in [0.05, 0.1) is 5.56 Å². The summed E-state index contributed by atoms with van der Waals surface area (Å²) in [6.07, 6.45) is 1.71. The van der Waals surface area contributed by atoms with Crippen molar-refractivity contribution in [3.63, 3.8) is 0 Å². The number of benzene rings is 3. The van der Waals surface area contributed by atoms with Gasteiger partial charge >= 0.3 is 5.97 Å². The molecule has 0 N–H and O–H groups in total. The highest BCUT2D eigenvalue weighted by Gasteiger charge is 2.25. The van der Waals surface area contributed by atoms with E-state index in [0.717, 1.165) is 26.2 Å². The highest BCUT2D eigenvalue weighted by Crippen LogP contribution is 2.24. The lowest BCUT2D eigenvalue weighted by atomic mass is 10.2. The highest BCUT2D eigenvalue weighted by molar-refractivity contribution is 14.1. The molecule has 0 atom stereocenters. The van der Waals surface area contributed by atoms with Crippen LogP contribution in [0, 0.1) is 3.57 Å². The zero-order valence-electron chi connectivity index (χ0n) is 14.1. The van der Waals surface area contributed by atoms with E-state index in [1.807, 2.05) is 78.9 Å². The molecule has 1 heterocycles. The molecule has 3 aromatic carbocycles. The molecule has 132 valence electrons. The summed E-state index contributed by atoms with van der Waals surface area (Å²) in [5.74, 6) is 1.38. The summed E-state index contributed by atoms with van der Waals surface area (Å²) in [5, 5.41) is 0. The number of nitrogens with zero attached hydrogens (tertiary/aromatic N) is 1. The average molecular weight is 467 g/mol. The molecular formula is C22H14INO3. The fourth-order valence-electron chi connectivity index (χ4n) is 2.57. The maximum atomic E-state index is 12.1. The van der Waals surface area contributed by atoms with Gasteiger partial charge in [-0.2, -0.15) is 0 Å². The molecule has 3 aromatic rings. The van der Waals surface area contributed by atoms with Crippen LogP contribution in [0.25, 0.3) is 6.08 Å². The van der Waals surface area contributed by atoms with Crippen LogP contribution in [0.2, 0.25) is 0 Å². The van der Waals surface area contributed by atoms with Crippen LogP contribution in [-0.4, -0.2) is 11.9 Å². The third kappa shape index (κ3) is 4.09. The summed E-state index contributed by atoms with van der Waals surface area (Å²) in [5.41, 5.74) is 1.93. The van der Waals surface area contributed by atoms with Crippen molar-refractivity contribution in [1.82, 2.24) is 0 Å². The lowest BCUT2D eigenvalue weighted by Gasteiger charge is -2.05. The lowest BCUT2D eigenvalue weighted by Crippen LogP contribution is -2.06. The molecule has 0 bridgehead atoms. The van der Waals surface area contributed by atoms with Gasteiger partial charge in [0, 0.05) is 3.57 Å². The maximum absolute atomic E-state index is 12.1. The minimum atomic E-state index is -0.450.